The lowest BCUT2D eigenvalue weighted by atomic mass is 11.0. The SMILES string of the molecule is C1CC1.Cl.N=CN. The van der Waals surface area contributed by atoms with Crippen LogP contribution in [0, 0.1) is 5.41 Å². The molecule has 0 unspecified atom stereocenters. The smallest absolute Gasteiger partial charge is 0.0765 e. The first-order valence-corrected chi connectivity index (χ1v) is 2.12. The first kappa shape index (κ1) is 9.90. The first-order chi connectivity index (χ1) is 2.91. The lowest BCUT2D eigenvalue weighted by Crippen LogP contribution is -1.81. The zero-order chi connectivity index (χ0) is 4.83. The van der Waals surface area contributed by atoms with Gasteiger partial charge < -0.3 is 5.73 Å². The van der Waals surface area contributed by atoms with Crippen LogP contribution in [-0.2, 0) is 0 Å². The second-order valence-corrected chi connectivity index (χ2v) is 1.23. The van der Waals surface area contributed by atoms with Gasteiger partial charge in [0.1, 0.15) is 0 Å². The third-order valence-corrected chi connectivity index (χ3v) is 0.354. The molecule has 1 aliphatic carbocycles. The minimum absolute atomic E-state index is 0. The molecule has 7 heavy (non-hydrogen) atoms. The van der Waals surface area contributed by atoms with Crippen LogP contribution in [0.25, 0.3) is 0 Å². The number of hydrogen-bond donors (Lipinski definition) is 2. The molecule has 0 heterocycles. The fourth-order valence-electron chi connectivity index (χ4n) is 0. The highest BCUT2D eigenvalue weighted by Crippen LogP contribution is 2.14. The largest absolute Gasteiger partial charge is 0.390 e. The maximum atomic E-state index is 5.86. The van der Waals surface area contributed by atoms with Gasteiger partial charge in [0, 0.05) is 0 Å². The van der Waals surface area contributed by atoms with Gasteiger partial charge in [-0.1, -0.05) is 19.3 Å². The molecule has 1 fully saturated rings. The van der Waals surface area contributed by atoms with Crippen LogP contribution in [0.5, 0.6) is 0 Å². The Kier molecular flexibility index (Phi) is 13.1. The predicted molar refractivity (Wildman–Crippen MR) is 34.1 cm³/mol. The van der Waals surface area contributed by atoms with Gasteiger partial charge in [0.2, 0.25) is 0 Å². The Morgan fingerprint density at radius 1 is 1.29 bits per heavy atom. The second kappa shape index (κ2) is 9.23. The van der Waals surface area contributed by atoms with Crippen molar-refractivity contribution in [1.29, 1.82) is 5.41 Å². The maximum absolute atomic E-state index is 5.86. The molecular weight excluding hydrogens is 112 g/mol. The van der Waals surface area contributed by atoms with E-state index in [1.165, 1.54) is 19.3 Å². The maximum Gasteiger partial charge on any atom is 0.0765 e. The normalized spacial score (nSPS) is 12.0. The van der Waals surface area contributed by atoms with E-state index in [-0.39, 0.29) is 12.4 Å². The van der Waals surface area contributed by atoms with Gasteiger partial charge >= 0.3 is 0 Å². The quantitative estimate of drug-likeness (QED) is 0.368. The van der Waals surface area contributed by atoms with E-state index in [9.17, 15) is 0 Å². The molecule has 44 valence electrons. The lowest BCUT2D eigenvalue weighted by Gasteiger charge is -1.38. The number of rotatable bonds is 0. The van der Waals surface area contributed by atoms with Crippen molar-refractivity contribution in [3.8, 4) is 0 Å². The summed E-state index contributed by atoms with van der Waals surface area (Å²) >= 11 is 0. The fraction of sp³-hybridized carbons (Fsp3) is 0.750. The molecule has 0 spiro atoms. The van der Waals surface area contributed by atoms with Gasteiger partial charge in [-0.2, -0.15) is 0 Å². The van der Waals surface area contributed by atoms with Crippen molar-refractivity contribution < 1.29 is 0 Å². The standard InChI is InChI=1S/C3H6.CH4N2.ClH/c1-2-3-1;2-1-3;/h1-3H2;1H,(H3,2,3);1H. The van der Waals surface area contributed by atoms with Crippen LogP contribution in [0.15, 0.2) is 0 Å². The summed E-state index contributed by atoms with van der Waals surface area (Å²) in [4.78, 5) is 0. The zero-order valence-corrected chi connectivity index (χ0v) is 5.00. The van der Waals surface area contributed by atoms with Gasteiger partial charge in [-0.05, 0) is 0 Å². The Labute approximate surface area is 50.0 Å². The summed E-state index contributed by atoms with van der Waals surface area (Å²) in [5.74, 6) is 0. The van der Waals surface area contributed by atoms with Crippen molar-refractivity contribution >= 4 is 18.7 Å². The summed E-state index contributed by atoms with van der Waals surface area (Å²) < 4.78 is 0. The molecule has 0 aromatic rings. The molecule has 0 atom stereocenters. The van der Waals surface area contributed by atoms with Crippen LogP contribution in [-0.4, -0.2) is 6.34 Å². The van der Waals surface area contributed by atoms with Crippen LogP contribution in [0.4, 0.5) is 0 Å². The molecule has 1 rings (SSSR count). The summed E-state index contributed by atoms with van der Waals surface area (Å²) in [7, 11) is 0. The third kappa shape index (κ3) is 141. The Hall–Kier alpha value is -0.240. The molecule has 0 bridgehead atoms. The predicted octanol–water partition coefficient (Wildman–Crippen LogP) is 1.14. The van der Waals surface area contributed by atoms with Gasteiger partial charge in [-0.3, -0.25) is 5.41 Å². The third-order valence-electron chi connectivity index (χ3n) is 0.354. The number of hydrogen-bond acceptors (Lipinski definition) is 1. The van der Waals surface area contributed by atoms with E-state index in [2.05, 4.69) is 5.73 Å². The highest BCUT2D eigenvalue weighted by molar-refractivity contribution is 5.85. The summed E-state index contributed by atoms with van der Waals surface area (Å²) in [5.41, 5.74) is 4.39. The fourth-order valence-corrected chi connectivity index (χ4v) is 0. The molecule has 0 aromatic carbocycles. The summed E-state index contributed by atoms with van der Waals surface area (Å²) in [6, 6.07) is 0. The van der Waals surface area contributed by atoms with E-state index in [0.29, 0.717) is 0 Å². The minimum Gasteiger partial charge on any atom is -0.390 e. The molecule has 0 radical (unpaired) electrons. The lowest BCUT2D eigenvalue weighted by molar-refractivity contribution is 1.50. The molecular formula is C4H11ClN2. The zero-order valence-electron chi connectivity index (χ0n) is 4.18. The summed E-state index contributed by atoms with van der Waals surface area (Å²) in [5, 5.41) is 5.86. The van der Waals surface area contributed by atoms with Crippen LogP contribution < -0.4 is 5.73 Å². The van der Waals surface area contributed by atoms with Gasteiger partial charge in [0.15, 0.2) is 0 Å². The van der Waals surface area contributed by atoms with E-state index in [0.717, 1.165) is 6.34 Å². The van der Waals surface area contributed by atoms with Crippen molar-refractivity contribution in [2.45, 2.75) is 19.3 Å². The molecule has 3 heteroatoms. The minimum atomic E-state index is 0. The Morgan fingerprint density at radius 3 is 1.43 bits per heavy atom. The summed E-state index contributed by atoms with van der Waals surface area (Å²) in [6.07, 6.45) is 5.25. The van der Waals surface area contributed by atoms with Crippen molar-refractivity contribution in [3.05, 3.63) is 0 Å². The van der Waals surface area contributed by atoms with Crippen LogP contribution in [0.1, 0.15) is 19.3 Å². The Morgan fingerprint density at radius 2 is 1.43 bits per heavy atom. The van der Waals surface area contributed by atoms with E-state index in [1.807, 2.05) is 0 Å². The Bertz CT molecular complexity index is 33.9. The summed E-state index contributed by atoms with van der Waals surface area (Å²) in [6.45, 7) is 0. The van der Waals surface area contributed by atoms with Crippen LogP contribution in [0.2, 0.25) is 0 Å². The topological polar surface area (TPSA) is 49.9 Å². The molecule has 2 nitrogen and oxygen atoms in total. The first-order valence-electron chi connectivity index (χ1n) is 2.12. The Balaban J connectivity index is 0. The van der Waals surface area contributed by atoms with E-state index < -0.39 is 0 Å². The molecule has 0 amide bonds. The van der Waals surface area contributed by atoms with Gasteiger partial charge in [0.25, 0.3) is 0 Å². The van der Waals surface area contributed by atoms with Crippen molar-refractivity contribution in [1.82, 2.24) is 0 Å². The number of nitrogens with one attached hydrogen (secondary N) is 1. The number of nitrogens with two attached hydrogens (primary N) is 1. The van der Waals surface area contributed by atoms with Crippen LogP contribution >= 0.6 is 12.4 Å². The van der Waals surface area contributed by atoms with Gasteiger partial charge in [0.05, 0.1) is 6.34 Å². The molecule has 0 aliphatic heterocycles. The highest BCUT2D eigenvalue weighted by Gasteiger charge is 1.95. The van der Waals surface area contributed by atoms with Crippen molar-refractivity contribution in [3.63, 3.8) is 0 Å². The molecule has 1 aliphatic rings. The van der Waals surface area contributed by atoms with Crippen molar-refractivity contribution in [2.24, 2.45) is 5.73 Å². The molecule has 0 aromatic heterocycles. The van der Waals surface area contributed by atoms with Gasteiger partial charge in [-0.15, -0.1) is 12.4 Å². The molecule has 0 saturated heterocycles. The van der Waals surface area contributed by atoms with Gasteiger partial charge in [-0.25, -0.2) is 0 Å². The van der Waals surface area contributed by atoms with Crippen molar-refractivity contribution in [2.75, 3.05) is 0 Å². The average Bonchev–Trinajstić information content (AvgIpc) is 2.11. The average molecular weight is 123 g/mol. The second-order valence-electron chi connectivity index (χ2n) is 1.23. The number of halogens is 1. The van der Waals surface area contributed by atoms with E-state index >= 15 is 0 Å². The monoisotopic (exact) mass is 122 g/mol. The van der Waals surface area contributed by atoms with E-state index in [4.69, 9.17) is 5.41 Å². The highest BCUT2D eigenvalue weighted by atomic mass is 35.5. The molecule has 3 N–H and O–H groups in total. The van der Waals surface area contributed by atoms with Crippen LogP contribution in [0.3, 0.4) is 0 Å². The molecule has 1 saturated carbocycles. The van der Waals surface area contributed by atoms with E-state index in [1.54, 1.807) is 0 Å².